The average Bonchev–Trinajstić information content (AvgIpc) is 2.41. The van der Waals surface area contributed by atoms with Crippen LogP contribution in [0.5, 0.6) is 5.75 Å². The van der Waals surface area contributed by atoms with Crippen molar-refractivity contribution in [2.24, 2.45) is 5.73 Å². The van der Waals surface area contributed by atoms with Crippen molar-refractivity contribution in [2.75, 3.05) is 0 Å². The van der Waals surface area contributed by atoms with E-state index in [2.05, 4.69) is 0 Å². The molecule has 2 rings (SSSR count). The summed E-state index contributed by atoms with van der Waals surface area (Å²) < 4.78 is 19.6. The summed E-state index contributed by atoms with van der Waals surface area (Å²) in [5.41, 5.74) is 6.01. The van der Waals surface area contributed by atoms with E-state index in [4.69, 9.17) is 45.9 Å². The van der Waals surface area contributed by atoms with E-state index in [1.807, 2.05) is 0 Å². The molecule has 0 atom stereocenters. The normalized spacial score (nSPS) is 10.3. The van der Waals surface area contributed by atoms with Gasteiger partial charge in [-0.05, 0) is 18.2 Å². The third kappa shape index (κ3) is 3.39. The first-order valence-corrected chi connectivity index (χ1v) is 6.80. The highest BCUT2D eigenvalue weighted by molar-refractivity contribution is 7.80. The van der Waals surface area contributed by atoms with Gasteiger partial charge in [0.15, 0.2) is 0 Å². The lowest BCUT2D eigenvalue weighted by atomic mass is 10.1. The van der Waals surface area contributed by atoms with Crippen LogP contribution in [0.15, 0.2) is 36.4 Å². The van der Waals surface area contributed by atoms with Gasteiger partial charge in [-0.25, -0.2) is 4.39 Å². The highest BCUT2D eigenvalue weighted by atomic mass is 35.5. The van der Waals surface area contributed by atoms with Gasteiger partial charge < -0.3 is 10.5 Å². The van der Waals surface area contributed by atoms with E-state index in [0.29, 0.717) is 21.4 Å². The lowest BCUT2D eigenvalue weighted by Gasteiger charge is -2.10. The first-order chi connectivity index (χ1) is 9.49. The molecule has 0 aliphatic carbocycles. The summed E-state index contributed by atoms with van der Waals surface area (Å²) in [7, 11) is 0. The Morgan fingerprint density at radius 1 is 1.20 bits per heavy atom. The van der Waals surface area contributed by atoms with Crippen molar-refractivity contribution in [1.82, 2.24) is 0 Å². The number of halogens is 3. The first-order valence-electron chi connectivity index (χ1n) is 5.64. The molecule has 0 saturated carbocycles. The van der Waals surface area contributed by atoms with Gasteiger partial charge >= 0.3 is 0 Å². The van der Waals surface area contributed by atoms with E-state index in [-0.39, 0.29) is 17.2 Å². The molecular formula is C14H10Cl2FNOS. The maximum absolute atomic E-state index is 14.1. The predicted octanol–water partition coefficient (Wildman–Crippen LogP) is 4.35. The molecule has 20 heavy (non-hydrogen) atoms. The van der Waals surface area contributed by atoms with Gasteiger partial charge in [0.05, 0.1) is 10.0 Å². The summed E-state index contributed by atoms with van der Waals surface area (Å²) in [5, 5.41) is 0.808. The minimum absolute atomic E-state index is 0.0129. The van der Waals surface area contributed by atoms with E-state index in [1.165, 1.54) is 6.07 Å². The SMILES string of the molecule is NC(=S)c1cccc(COc2ccc(Cl)c(Cl)c2)c1F. The third-order valence-electron chi connectivity index (χ3n) is 2.63. The van der Waals surface area contributed by atoms with Crippen molar-refractivity contribution in [3.63, 3.8) is 0 Å². The van der Waals surface area contributed by atoms with Crippen LogP contribution in [-0.2, 0) is 6.61 Å². The van der Waals surface area contributed by atoms with Gasteiger partial charge in [-0.15, -0.1) is 0 Å². The summed E-state index contributed by atoms with van der Waals surface area (Å²) in [4.78, 5) is 0.0129. The van der Waals surface area contributed by atoms with Gasteiger partial charge in [0, 0.05) is 17.2 Å². The van der Waals surface area contributed by atoms with Gasteiger partial charge in [-0.3, -0.25) is 0 Å². The van der Waals surface area contributed by atoms with Gasteiger partial charge in [0.25, 0.3) is 0 Å². The van der Waals surface area contributed by atoms with Crippen LogP contribution in [0.4, 0.5) is 4.39 Å². The molecule has 2 aromatic carbocycles. The summed E-state index contributed by atoms with van der Waals surface area (Å²) >= 11 is 16.5. The molecule has 0 aromatic heterocycles. The molecule has 6 heteroatoms. The maximum atomic E-state index is 14.1. The van der Waals surface area contributed by atoms with Gasteiger partial charge in [-0.2, -0.15) is 0 Å². The lowest BCUT2D eigenvalue weighted by Crippen LogP contribution is -2.13. The van der Waals surface area contributed by atoms with E-state index in [0.717, 1.165) is 0 Å². The zero-order chi connectivity index (χ0) is 14.7. The largest absolute Gasteiger partial charge is 0.489 e. The van der Waals surface area contributed by atoms with Crippen molar-refractivity contribution < 1.29 is 9.13 Å². The van der Waals surface area contributed by atoms with E-state index >= 15 is 0 Å². The quantitative estimate of drug-likeness (QED) is 0.847. The average molecular weight is 330 g/mol. The Morgan fingerprint density at radius 2 is 1.95 bits per heavy atom. The summed E-state index contributed by atoms with van der Waals surface area (Å²) in [6.45, 7) is 0.0419. The fourth-order valence-electron chi connectivity index (χ4n) is 1.61. The Kier molecular flexibility index (Phi) is 4.81. The van der Waals surface area contributed by atoms with Crippen molar-refractivity contribution in [1.29, 1.82) is 0 Å². The molecule has 2 N–H and O–H groups in total. The van der Waals surface area contributed by atoms with Crippen LogP contribution >= 0.6 is 35.4 Å². The second-order valence-corrected chi connectivity index (χ2v) is 5.26. The molecule has 0 spiro atoms. The Labute approximate surface area is 131 Å². The van der Waals surface area contributed by atoms with Crippen LogP contribution in [0.2, 0.25) is 10.0 Å². The number of hydrogen-bond acceptors (Lipinski definition) is 2. The van der Waals surface area contributed by atoms with Crippen molar-refractivity contribution in [3.05, 3.63) is 63.4 Å². The summed E-state index contributed by atoms with van der Waals surface area (Å²) in [5.74, 6) is 0.0274. The molecule has 104 valence electrons. The van der Waals surface area contributed by atoms with Crippen LogP contribution in [0, 0.1) is 5.82 Å². The Balaban J connectivity index is 2.17. The van der Waals surface area contributed by atoms with Crippen LogP contribution in [0.1, 0.15) is 11.1 Å². The van der Waals surface area contributed by atoms with Crippen LogP contribution in [-0.4, -0.2) is 4.99 Å². The summed E-state index contributed by atoms with van der Waals surface area (Å²) in [6.07, 6.45) is 0. The van der Waals surface area contributed by atoms with Gasteiger partial charge in [-0.1, -0.05) is 47.6 Å². The Bertz CT molecular complexity index is 664. The van der Waals surface area contributed by atoms with Crippen molar-refractivity contribution in [2.45, 2.75) is 6.61 Å². The van der Waals surface area contributed by atoms with E-state index in [9.17, 15) is 4.39 Å². The molecule has 0 amide bonds. The smallest absolute Gasteiger partial charge is 0.139 e. The number of benzene rings is 2. The molecule has 0 radical (unpaired) electrons. The molecule has 0 aliphatic heterocycles. The lowest BCUT2D eigenvalue weighted by molar-refractivity contribution is 0.300. The van der Waals surface area contributed by atoms with E-state index in [1.54, 1.807) is 30.3 Å². The standard InChI is InChI=1S/C14H10Cl2FNOS/c15-11-5-4-9(6-12(11)16)19-7-8-2-1-3-10(13(8)17)14(18)20/h1-6H,7H2,(H2,18,20). The molecule has 0 fully saturated rings. The fraction of sp³-hybridized carbons (Fsp3) is 0.0714. The predicted molar refractivity (Wildman–Crippen MR) is 83.1 cm³/mol. The Morgan fingerprint density at radius 3 is 2.60 bits per heavy atom. The molecule has 0 heterocycles. The fourth-order valence-corrected chi connectivity index (χ4v) is 2.06. The van der Waals surface area contributed by atoms with Gasteiger partial charge in [0.1, 0.15) is 23.2 Å². The molecule has 0 unspecified atom stereocenters. The molecule has 0 saturated heterocycles. The zero-order valence-electron chi connectivity index (χ0n) is 10.2. The van der Waals surface area contributed by atoms with E-state index < -0.39 is 5.82 Å². The molecule has 2 nitrogen and oxygen atoms in total. The highest BCUT2D eigenvalue weighted by Crippen LogP contribution is 2.27. The summed E-state index contributed by atoms with van der Waals surface area (Å²) in [6, 6.07) is 9.64. The zero-order valence-corrected chi connectivity index (χ0v) is 12.5. The topological polar surface area (TPSA) is 35.2 Å². The molecular weight excluding hydrogens is 320 g/mol. The Hall–Kier alpha value is -1.36. The minimum Gasteiger partial charge on any atom is -0.489 e. The van der Waals surface area contributed by atoms with Gasteiger partial charge in [0.2, 0.25) is 0 Å². The van der Waals surface area contributed by atoms with Crippen molar-refractivity contribution >= 4 is 40.4 Å². The van der Waals surface area contributed by atoms with Crippen molar-refractivity contribution in [3.8, 4) is 5.75 Å². The number of rotatable bonds is 4. The number of nitrogens with two attached hydrogens (primary N) is 1. The maximum Gasteiger partial charge on any atom is 0.139 e. The third-order valence-corrected chi connectivity index (χ3v) is 3.59. The number of thiocarbonyl (C=S) groups is 1. The second kappa shape index (κ2) is 6.39. The second-order valence-electron chi connectivity index (χ2n) is 4.01. The number of ether oxygens (including phenoxy) is 1. The first kappa shape index (κ1) is 15.0. The molecule has 0 bridgehead atoms. The highest BCUT2D eigenvalue weighted by Gasteiger charge is 2.10. The van der Waals surface area contributed by atoms with Crippen LogP contribution in [0.25, 0.3) is 0 Å². The number of hydrogen-bond donors (Lipinski definition) is 1. The van der Waals surface area contributed by atoms with Crippen LogP contribution in [0.3, 0.4) is 0 Å². The van der Waals surface area contributed by atoms with Crippen LogP contribution < -0.4 is 10.5 Å². The monoisotopic (exact) mass is 329 g/mol. The molecule has 2 aromatic rings. The molecule has 0 aliphatic rings. The minimum atomic E-state index is -0.472.